The number of aromatic amines is 1. The molecule has 0 aromatic carbocycles. The molecule has 0 fully saturated rings. The van der Waals surface area contributed by atoms with E-state index in [1.807, 2.05) is 0 Å². The molecule has 0 aliphatic heterocycles. The predicted molar refractivity (Wildman–Crippen MR) is 57.9 cm³/mol. The molecule has 1 unspecified atom stereocenters. The summed E-state index contributed by atoms with van der Waals surface area (Å²) in [5.74, 6) is -0.375. The number of Topliss-reactive ketones (excluding diaryl/α,β-unsaturated/α-hetero) is 1. The molecule has 0 saturated heterocycles. The van der Waals surface area contributed by atoms with Gasteiger partial charge in [0, 0.05) is 13.3 Å². The summed E-state index contributed by atoms with van der Waals surface area (Å²) < 4.78 is 5.86. The Morgan fingerprint density at radius 2 is 2.19 bits per heavy atom. The molecule has 88 valence electrons. The highest BCUT2D eigenvalue weighted by Gasteiger charge is 2.15. The lowest BCUT2D eigenvalue weighted by molar-refractivity contribution is 0.101. The van der Waals surface area contributed by atoms with Crippen LogP contribution in [0.2, 0.25) is 0 Å². The van der Waals surface area contributed by atoms with Gasteiger partial charge in [-0.1, -0.05) is 0 Å². The summed E-state index contributed by atoms with van der Waals surface area (Å²) in [6.45, 7) is 3.18. The maximum Gasteiger partial charge on any atom is 0.328 e. The Labute approximate surface area is 91.9 Å². The molecule has 1 N–H and O–H groups in total. The molecule has 1 aromatic rings. The van der Waals surface area contributed by atoms with Crippen molar-refractivity contribution in [1.29, 1.82) is 0 Å². The number of ether oxygens (including phenoxy) is 1. The van der Waals surface area contributed by atoms with Crippen LogP contribution in [0, 0.1) is 0 Å². The second kappa shape index (κ2) is 4.89. The number of nitrogens with one attached hydrogen (secondary N) is 1. The number of carbonyl (C=O) groups excluding carboxylic acids is 1. The van der Waals surface area contributed by atoms with Gasteiger partial charge in [-0.15, -0.1) is 0 Å². The number of hydrogen-bond acceptors (Lipinski definition) is 4. The lowest BCUT2D eigenvalue weighted by Crippen LogP contribution is -2.40. The summed E-state index contributed by atoms with van der Waals surface area (Å²) in [5, 5.41) is 0. The molecular weight excluding hydrogens is 212 g/mol. The number of nitrogens with zero attached hydrogens (tertiary/aromatic N) is 1. The van der Waals surface area contributed by atoms with E-state index < -0.39 is 17.3 Å². The summed E-state index contributed by atoms with van der Waals surface area (Å²) in [7, 11) is 1.48. The van der Waals surface area contributed by atoms with Gasteiger partial charge in [0.1, 0.15) is 0 Å². The Kier molecular flexibility index (Phi) is 3.78. The van der Waals surface area contributed by atoms with Gasteiger partial charge in [-0.25, -0.2) is 4.79 Å². The van der Waals surface area contributed by atoms with Gasteiger partial charge in [0.05, 0.1) is 18.2 Å². The van der Waals surface area contributed by atoms with Gasteiger partial charge in [-0.05, 0) is 13.8 Å². The lowest BCUT2D eigenvalue weighted by atomic mass is 10.2. The van der Waals surface area contributed by atoms with Crippen molar-refractivity contribution in [3.8, 4) is 0 Å². The standard InChI is InChI=1S/C10H14N2O4/c1-6(5-16-3)12-9(14)8(7(2)13)4-11-10(12)15/h4,6H,5H2,1-3H3,(H,11,15). The van der Waals surface area contributed by atoms with Crippen molar-refractivity contribution in [2.75, 3.05) is 13.7 Å². The molecule has 0 saturated carbocycles. The third-order valence-corrected chi connectivity index (χ3v) is 2.24. The molecule has 1 rings (SSSR count). The van der Waals surface area contributed by atoms with Crippen LogP contribution in [0.5, 0.6) is 0 Å². The first kappa shape index (κ1) is 12.4. The summed E-state index contributed by atoms with van der Waals surface area (Å²) in [4.78, 5) is 36.8. The third kappa shape index (κ3) is 2.27. The van der Waals surface area contributed by atoms with Crippen LogP contribution in [0.4, 0.5) is 0 Å². The van der Waals surface area contributed by atoms with Gasteiger partial charge in [0.2, 0.25) is 0 Å². The Hall–Kier alpha value is -1.69. The van der Waals surface area contributed by atoms with Crippen LogP contribution in [0.3, 0.4) is 0 Å². The number of methoxy groups -OCH3 is 1. The minimum absolute atomic E-state index is 0.0254. The third-order valence-electron chi connectivity index (χ3n) is 2.24. The van der Waals surface area contributed by atoms with E-state index in [-0.39, 0.29) is 18.0 Å². The quantitative estimate of drug-likeness (QED) is 0.729. The zero-order valence-corrected chi connectivity index (χ0v) is 9.44. The molecule has 0 aliphatic rings. The van der Waals surface area contributed by atoms with E-state index in [2.05, 4.69) is 4.98 Å². The van der Waals surface area contributed by atoms with Crippen molar-refractivity contribution in [3.05, 3.63) is 32.6 Å². The fourth-order valence-corrected chi connectivity index (χ4v) is 1.46. The fraction of sp³-hybridized carbons (Fsp3) is 0.500. The van der Waals surface area contributed by atoms with E-state index in [1.165, 1.54) is 14.0 Å². The van der Waals surface area contributed by atoms with Crippen LogP contribution in [0.25, 0.3) is 0 Å². The van der Waals surface area contributed by atoms with Crippen molar-refractivity contribution in [3.63, 3.8) is 0 Å². The number of rotatable bonds is 4. The lowest BCUT2D eigenvalue weighted by Gasteiger charge is -2.12. The van der Waals surface area contributed by atoms with Crippen molar-refractivity contribution in [1.82, 2.24) is 9.55 Å². The van der Waals surface area contributed by atoms with Crippen LogP contribution in [0.15, 0.2) is 15.8 Å². The van der Waals surface area contributed by atoms with Crippen LogP contribution in [0.1, 0.15) is 30.2 Å². The van der Waals surface area contributed by atoms with Gasteiger partial charge in [0.15, 0.2) is 5.78 Å². The summed E-state index contributed by atoms with van der Waals surface area (Å²) in [5.41, 5.74) is -1.15. The van der Waals surface area contributed by atoms with Crippen molar-refractivity contribution in [2.24, 2.45) is 0 Å². The zero-order chi connectivity index (χ0) is 12.3. The van der Waals surface area contributed by atoms with Crippen LogP contribution < -0.4 is 11.2 Å². The van der Waals surface area contributed by atoms with E-state index in [4.69, 9.17) is 4.74 Å². The van der Waals surface area contributed by atoms with Gasteiger partial charge in [-0.3, -0.25) is 14.2 Å². The molecule has 16 heavy (non-hydrogen) atoms. The topological polar surface area (TPSA) is 81.2 Å². The number of hydrogen-bond donors (Lipinski definition) is 1. The van der Waals surface area contributed by atoms with Crippen molar-refractivity contribution >= 4 is 5.78 Å². The van der Waals surface area contributed by atoms with Crippen molar-refractivity contribution in [2.45, 2.75) is 19.9 Å². The number of aromatic nitrogens is 2. The van der Waals surface area contributed by atoms with E-state index >= 15 is 0 Å². The first-order chi connectivity index (χ1) is 7.49. The molecule has 0 aliphatic carbocycles. The van der Waals surface area contributed by atoms with E-state index in [0.717, 1.165) is 10.8 Å². The van der Waals surface area contributed by atoms with Gasteiger partial charge in [-0.2, -0.15) is 0 Å². The molecule has 6 nitrogen and oxygen atoms in total. The summed E-state index contributed by atoms with van der Waals surface area (Å²) in [6.07, 6.45) is 1.14. The van der Waals surface area contributed by atoms with Gasteiger partial charge >= 0.3 is 5.69 Å². The maximum atomic E-state index is 11.8. The molecule has 0 radical (unpaired) electrons. The zero-order valence-electron chi connectivity index (χ0n) is 9.44. The average Bonchev–Trinajstić information content (AvgIpc) is 2.17. The Bertz CT molecular complexity index is 500. The van der Waals surface area contributed by atoms with Crippen LogP contribution in [-0.2, 0) is 4.74 Å². The number of ketones is 1. The van der Waals surface area contributed by atoms with E-state index in [0.29, 0.717) is 0 Å². The molecule has 6 heteroatoms. The highest BCUT2D eigenvalue weighted by atomic mass is 16.5. The monoisotopic (exact) mass is 226 g/mol. The maximum absolute atomic E-state index is 11.8. The summed E-state index contributed by atoms with van der Waals surface area (Å²) in [6, 6.07) is -0.416. The SMILES string of the molecule is COCC(C)n1c(=O)[nH]cc(C(C)=O)c1=O. The largest absolute Gasteiger partial charge is 0.383 e. The van der Waals surface area contributed by atoms with E-state index in [9.17, 15) is 14.4 Å². The molecule has 0 spiro atoms. The molecule has 1 aromatic heterocycles. The molecule has 1 atom stereocenters. The second-order valence-corrected chi connectivity index (χ2v) is 3.54. The highest BCUT2D eigenvalue weighted by molar-refractivity contribution is 5.93. The number of H-pyrrole nitrogens is 1. The Balaban J connectivity index is 3.38. The first-order valence-electron chi connectivity index (χ1n) is 4.83. The molecular formula is C10H14N2O4. The number of carbonyl (C=O) groups is 1. The summed E-state index contributed by atoms with van der Waals surface area (Å²) >= 11 is 0. The smallest absolute Gasteiger partial charge is 0.328 e. The first-order valence-corrected chi connectivity index (χ1v) is 4.83. The Morgan fingerprint density at radius 1 is 1.56 bits per heavy atom. The molecule has 0 bridgehead atoms. The van der Waals surface area contributed by atoms with Gasteiger partial charge in [0.25, 0.3) is 5.56 Å². The normalized spacial score (nSPS) is 12.4. The van der Waals surface area contributed by atoms with Crippen LogP contribution >= 0.6 is 0 Å². The predicted octanol–water partition coefficient (Wildman–Crippen LogP) is -0.0534. The molecule has 1 heterocycles. The minimum Gasteiger partial charge on any atom is -0.383 e. The Morgan fingerprint density at radius 3 is 2.69 bits per heavy atom. The average molecular weight is 226 g/mol. The van der Waals surface area contributed by atoms with Crippen LogP contribution in [-0.4, -0.2) is 29.1 Å². The molecule has 0 amide bonds. The van der Waals surface area contributed by atoms with Crippen molar-refractivity contribution < 1.29 is 9.53 Å². The second-order valence-electron chi connectivity index (χ2n) is 3.54. The van der Waals surface area contributed by atoms with E-state index in [1.54, 1.807) is 6.92 Å². The van der Waals surface area contributed by atoms with Gasteiger partial charge < -0.3 is 9.72 Å². The minimum atomic E-state index is -0.583. The highest BCUT2D eigenvalue weighted by Crippen LogP contribution is 1.99. The fourth-order valence-electron chi connectivity index (χ4n) is 1.46.